The Bertz CT molecular complexity index is 924. The maximum Gasteiger partial charge on any atom is 0.326 e. The average Bonchev–Trinajstić information content (AvgIpc) is 3.35. The molecule has 2 aromatic rings. The number of carboxylic acid groups (broad SMARTS) is 1. The van der Waals surface area contributed by atoms with Crippen LogP contribution in [0.2, 0.25) is 0 Å². The molecule has 2 heterocycles. The molecule has 0 spiro atoms. The van der Waals surface area contributed by atoms with Crippen molar-refractivity contribution in [2.24, 2.45) is 11.8 Å². The molecule has 0 radical (unpaired) electrons. The molecule has 1 aromatic carbocycles. The van der Waals surface area contributed by atoms with Crippen LogP contribution in [0, 0.1) is 22.0 Å². The van der Waals surface area contributed by atoms with Crippen molar-refractivity contribution in [3.05, 3.63) is 52.3 Å². The van der Waals surface area contributed by atoms with Crippen molar-refractivity contribution in [3.63, 3.8) is 0 Å². The third-order valence-electron chi connectivity index (χ3n) is 5.54. The number of hydrogen-bond acceptors (Lipinski definition) is 5. The first-order valence-electron chi connectivity index (χ1n) is 8.80. The second kappa shape index (κ2) is 6.49. The van der Waals surface area contributed by atoms with E-state index < -0.39 is 22.8 Å². The van der Waals surface area contributed by atoms with Crippen LogP contribution < -0.4 is 0 Å². The molecule has 2 aliphatic rings. The largest absolute Gasteiger partial charge is 0.480 e. The van der Waals surface area contributed by atoms with Crippen molar-refractivity contribution in [1.82, 2.24) is 14.7 Å². The van der Waals surface area contributed by atoms with Crippen LogP contribution in [0.4, 0.5) is 5.69 Å². The van der Waals surface area contributed by atoms with Crippen molar-refractivity contribution in [3.8, 4) is 5.69 Å². The highest BCUT2D eigenvalue weighted by atomic mass is 16.6. The third kappa shape index (κ3) is 2.84. The van der Waals surface area contributed by atoms with E-state index >= 15 is 0 Å². The van der Waals surface area contributed by atoms with Gasteiger partial charge in [-0.2, -0.15) is 5.10 Å². The molecule has 2 fully saturated rings. The van der Waals surface area contributed by atoms with Crippen LogP contribution in [0.5, 0.6) is 0 Å². The fourth-order valence-electron chi connectivity index (χ4n) is 4.36. The number of amides is 1. The minimum atomic E-state index is -0.990. The quantitative estimate of drug-likeness (QED) is 0.650. The molecule has 1 saturated heterocycles. The number of rotatable bonds is 4. The first-order valence-corrected chi connectivity index (χ1v) is 8.80. The summed E-state index contributed by atoms with van der Waals surface area (Å²) in [4.78, 5) is 36.7. The molecule has 0 bridgehead atoms. The number of carbonyl (C=O) groups excluding carboxylic acids is 1. The molecule has 4 rings (SSSR count). The number of nitro groups is 1. The molecule has 9 heteroatoms. The number of hydrogen-bond donors (Lipinski definition) is 1. The number of benzene rings is 1. The summed E-state index contributed by atoms with van der Waals surface area (Å²) in [5.41, 5.74) is 0.202. The highest BCUT2D eigenvalue weighted by Crippen LogP contribution is 2.42. The van der Waals surface area contributed by atoms with Crippen LogP contribution in [-0.4, -0.2) is 49.2 Å². The van der Waals surface area contributed by atoms with Gasteiger partial charge in [0.1, 0.15) is 11.7 Å². The molecule has 1 saturated carbocycles. The summed E-state index contributed by atoms with van der Waals surface area (Å²) in [5.74, 6) is -1.24. The molecular weight excluding hydrogens is 352 g/mol. The fourth-order valence-corrected chi connectivity index (χ4v) is 4.36. The zero-order chi connectivity index (χ0) is 19.1. The number of nitrogens with zero attached hydrogens (tertiary/aromatic N) is 4. The van der Waals surface area contributed by atoms with E-state index in [0.29, 0.717) is 6.54 Å². The van der Waals surface area contributed by atoms with Gasteiger partial charge in [-0.25, -0.2) is 9.48 Å². The first kappa shape index (κ1) is 17.2. The van der Waals surface area contributed by atoms with E-state index in [-0.39, 0.29) is 28.9 Å². The van der Waals surface area contributed by atoms with E-state index in [1.54, 1.807) is 18.2 Å². The Morgan fingerprint density at radius 3 is 2.74 bits per heavy atom. The van der Waals surface area contributed by atoms with Crippen molar-refractivity contribution in [1.29, 1.82) is 0 Å². The number of para-hydroxylation sites is 2. The topological polar surface area (TPSA) is 119 Å². The standard InChI is InChI=1S/C18H18N4O5/c23-17(20-10-11-4-3-5-12(11)16(20)18(24)25)13-8-9-21(19-13)14-6-1-2-7-15(14)22(26)27/h1-2,6-9,11-12,16H,3-5,10H2,(H,24,25). The zero-order valence-electron chi connectivity index (χ0n) is 14.4. The second-order valence-corrected chi connectivity index (χ2v) is 6.99. The fraction of sp³-hybridized carbons (Fsp3) is 0.389. The van der Waals surface area contributed by atoms with Crippen LogP contribution in [0.3, 0.4) is 0 Å². The lowest BCUT2D eigenvalue weighted by Gasteiger charge is -2.23. The number of nitro benzene ring substituents is 1. The number of fused-ring (bicyclic) bond motifs is 1. The van der Waals surface area contributed by atoms with E-state index in [9.17, 15) is 24.8 Å². The highest BCUT2D eigenvalue weighted by molar-refractivity contribution is 5.95. The molecule has 3 atom stereocenters. The summed E-state index contributed by atoms with van der Waals surface area (Å²) >= 11 is 0. The number of likely N-dealkylation sites (tertiary alicyclic amines) is 1. The minimum absolute atomic E-state index is 0.0104. The minimum Gasteiger partial charge on any atom is -0.480 e. The summed E-state index contributed by atoms with van der Waals surface area (Å²) in [6.07, 6.45) is 4.22. The van der Waals surface area contributed by atoms with Gasteiger partial charge in [-0.05, 0) is 36.8 Å². The van der Waals surface area contributed by atoms with E-state index in [0.717, 1.165) is 19.3 Å². The van der Waals surface area contributed by atoms with Gasteiger partial charge in [0.05, 0.1) is 4.92 Å². The number of carbonyl (C=O) groups is 2. The Labute approximate surface area is 154 Å². The summed E-state index contributed by atoms with van der Waals surface area (Å²) < 4.78 is 1.28. The molecule has 140 valence electrons. The Hall–Kier alpha value is -3.23. The second-order valence-electron chi connectivity index (χ2n) is 6.99. The van der Waals surface area contributed by atoms with Crippen molar-refractivity contribution < 1.29 is 19.6 Å². The van der Waals surface area contributed by atoms with Crippen molar-refractivity contribution >= 4 is 17.6 Å². The van der Waals surface area contributed by atoms with Crippen LogP contribution in [0.25, 0.3) is 5.69 Å². The van der Waals surface area contributed by atoms with Crippen LogP contribution in [0.15, 0.2) is 36.5 Å². The van der Waals surface area contributed by atoms with Gasteiger partial charge >= 0.3 is 5.97 Å². The predicted octanol–water partition coefficient (Wildman–Crippen LogP) is 2.11. The van der Waals surface area contributed by atoms with Gasteiger partial charge in [0.2, 0.25) is 0 Å². The molecule has 9 nitrogen and oxygen atoms in total. The molecule has 27 heavy (non-hydrogen) atoms. The average molecular weight is 370 g/mol. The normalized spacial score (nSPS) is 24.0. The number of carboxylic acids is 1. The van der Waals surface area contributed by atoms with Crippen LogP contribution >= 0.6 is 0 Å². The molecule has 1 aliphatic carbocycles. The number of aromatic nitrogens is 2. The Kier molecular flexibility index (Phi) is 4.14. The lowest BCUT2D eigenvalue weighted by Crippen LogP contribution is -2.43. The number of aliphatic carboxylic acids is 1. The maximum absolute atomic E-state index is 12.9. The van der Waals surface area contributed by atoms with E-state index in [2.05, 4.69) is 5.10 Å². The van der Waals surface area contributed by atoms with Gasteiger partial charge < -0.3 is 10.0 Å². The Morgan fingerprint density at radius 2 is 2.00 bits per heavy atom. The van der Waals surface area contributed by atoms with Gasteiger partial charge in [-0.15, -0.1) is 0 Å². The molecule has 1 amide bonds. The monoisotopic (exact) mass is 370 g/mol. The molecular formula is C18H18N4O5. The molecule has 1 aromatic heterocycles. The molecule has 1 aliphatic heterocycles. The summed E-state index contributed by atoms with van der Waals surface area (Å²) in [7, 11) is 0. The Balaban J connectivity index is 1.63. The predicted molar refractivity (Wildman–Crippen MR) is 93.5 cm³/mol. The van der Waals surface area contributed by atoms with Gasteiger partial charge in [-0.1, -0.05) is 18.6 Å². The van der Waals surface area contributed by atoms with Crippen molar-refractivity contribution in [2.45, 2.75) is 25.3 Å². The first-order chi connectivity index (χ1) is 13.0. The SMILES string of the molecule is O=C(O)C1C2CCCC2CN1C(=O)c1ccn(-c2ccccc2[N+](=O)[O-])n1. The summed E-state index contributed by atoms with van der Waals surface area (Å²) in [6.45, 7) is 0.415. The van der Waals surface area contributed by atoms with Gasteiger partial charge in [0, 0.05) is 18.8 Å². The highest BCUT2D eigenvalue weighted by Gasteiger charge is 2.49. The van der Waals surface area contributed by atoms with Gasteiger partial charge in [0.15, 0.2) is 5.69 Å². The van der Waals surface area contributed by atoms with Gasteiger partial charge in [0.25, 0.3) is 11.6 Å². The lowest BCUT2D eigenvalue weighted by molar-refractivity contribution is -0.384. The summed E-state index contributed by atoms with van der Waals surface area (Å²) in [6, 6.07) is 6.73. The van der Waals surface area contributed by atoms with Crippen molar-refractivity contribution in [2.75, 3.05) is 6.54 Å². The third-order valence-corrected chi connectivity index (χ3v) is 5.54. The lowest BCUT2D eigenvalue weighted by atomic mass is 9.94. The maximum atomic E-state index is 12.9. The smallest absolute Gasteiger partial charge is 0.326 e. The van der Waals surface area contributed by atoms with E-state index in [1.165, 1.54) is 27.9 Å². The summed E-state index contributed by atoms with van der Waals surface area (Å²) in [5, 5.41) is 25.0. The van der Waals surface area contributed by atoms with E-state index in [1.807, 2.05) is 0 Å². The van der Waals surface area contributed by atoms with Gasteiger partial charge in [-0.3, -0.25) is 14.9 Å². The molecule has 1 N–H and O–H groups in total. The Morgan fingerprint density at radius 1 is 1.22 bits per heavy atom. The molecule has 3 unspecified atom stereocenters. The van der Waals surface area contributed by atoms with E-state index in [4.69, 9.17) is 0 Å². The zero-order valence-corrected chi connectivity index (χ0v) is 14.4. The van der Waals surface area contributed by atoms with Crippen LogP contribution in [-0.2, 0) is 4.79 Å². The van der Waals surface area contributed by atoms with Crippen LogP contribution in [0.1, 0.15) is 29.8 Å².